The molecule has 13 heavy (non-hydrogen) atoms. The maximum atomic E-state index is 4.36. The Morgan fingerprint density at radius 2 is 2.08 bits per heavy atom. The molecule has 0 bridgehead atoms. The lowest BCUT2D eigenvalue weighted by atomic mass is 10.2. The topological polar surface area (TPSA) is 37.8 Å². The maximum Gasteiger partial charge on any atom is 0.0907 e. The Bertz CT molecular complexity index is 437. The molecule has 0 aliphatic carbocycles. The Morgan fingerprint density at radius 1 is 1.23 bits per heavy atom. The zero-order valence-corrected chi connectivity index (χ0v) is 7.70. The van der Waals surface area contributed by atoms with Gasteiger partial charge in [0.25, 0.3) is 0 Å². The van der Waals surface area contributed by atoms with Crippen LogP contribution in [0.1, 0.15) is 5.69 Å². The number of rotatable bonds is 1. The summed E-state index contributed by atoms with van der Waals surface area (Å²) in [7, 11) is 1.89. The largest absolute Gasteiger partial charge is 0.388 e. The Morgan fingerprint density at radius 3 is 2.85 bits per heavy atom. The molecule has 1 aromatic carbocycles. The Hall–Kier alpha value is -1.64. The number of anilines is 1. The zero-order valence-electron chi connectivity index (χ0n) is 7.70. The van der Waals surface area contributed by atoms with Crippen LogP contribution in [0.5, 0.6) is 0 Å². The van der Waals surface area contributed by atoms with Crippen molar-refractivity contribution in [2.45, 2.75) is 6.92 Å². The van der Waals surface area contributed by atoms with E-state index >= 15 is 0 Å². The minimum Gasteiger partial charge on any atom is -0.388 e. The molecule has 1 heterocycles. The van der Waals surface area contributed by atoms with Gasteiger partial charge in [-0.15, -0.1) is 0 Å². The summed E-state index contributed by atoms with van der Waals surface area (Å²) in [5.41, 5.74) is 3.88. The number of fused-ring (bicyclic) bond motifs is 1. The van der Waals surface area contributed by atoms with E-state index in [1.54, 1.807) is 6.20 Å². The number of benzene rings is 1. The third-order valence-corrected chi connectivity index (χ3v) is 1.95. The summed E-state index contributed by atoms with van der Waals surface area (Å²) in [5, 5.41) is 3.07. The lowest BCUT2D eigenvalue weighted by molar-refractivity contribution is 1.18. The van der Waals surface area contributed by atoms with Gasteiger partial charge < -0.3 is 5.32 Å². The van der Waals surface area contributed by atoms with Crippen molar-refractivity contribution in [3.63, 3.8) is 0 Å². The highest BCUT2D eigenvalue weighted by atomic mass is 14.8. The number of nitrogens with zero attached hydrogens (tertiary/aromatic N) is 2. The average Bonchev–Trinajstić information content (AvgIpc) is 2.17. The van der Waals surface area contributed by atoms with E-state index in [0.29, 0.717) is 0 Å². The SMILES string of the molecule is CNc1ccc2nc(C)cnc2c1. The molecule has 0 amide bonds. The Labute approximate surface area is 76.8 Å². The van der Waals surface area contributed by atoms with Gasteiger partial charge in [-0.3, -0.25) is 4.98 Å². The third kappa shape index (κ3) is 1.45. The summed E-state index contributed by atoms with van der Waals surface area (Å²) < 4.78 is 0. The van der Waals surface area contributed by atoms with Crippen LogP contribution in [0.3, 0.4) is 0 Å². The van der Waals surface area contributed by atoms with E-state index in [4.69, 9.17) is 0 Å². The number of hydrogen-bond donors (Lipinski definition) is 1. The quantitative estimate of drug-likeness (QED) is 0.716. The van der Waals surface area contributed by atoms with Crippen LogP contribution in [0.15, 0.2) is 24.4 Å². The van der Waals surface area contributed by atoms with Gasteiger partial charge in [-0.1, -0.05) is 0 Å². The Kier molecular flexibility index (Phi) is 1.85. The number of aryl methyl sites for hydroxylation is 1. The molecule has 0 unspecified atom stereocenters. The monoisotopic (exact) mass is 173 g/mol. The second-order valence-corrected chi connectivity index (χ2v) is 2.96. The van der Waals surface area contributed by atoms with Gasteiger partial charge in [0, 0.05) is 18.9 Å². The van der Waals surface area contributed by atoms with Gasteiger partial charge in [-0.25, -0.2) is 4.98 Å². The fourth-order valence-corrected chi connectivity index (χ4v) is 1.26. The fourth-order valence-electron chi connectivity index (χ4n) is 1.26. The number of aromatic nitrogens is 2. The molecule has 0 aliphatic rings. The minimum absolute atomic E-state index is 0.928. The summed E-state index contributed by atoms with van der Waals surface area (Å²) in [6.07, 6.45) is 1.78. The molecule has 0 saturated heterocycles. The van der Waals surface area contributed by atoms with Gasteiger partial charge >= 0.3 is 0 Å². The Balaban J connectivity index is 2.66. The molecule has 0 fully saturated rings. The van der Waals surface area contributed by atoms with Gasteiger partial charge in [-0.2, -0.15) is 0 Å². The minimum atomic E-state index is 0.928. The van der Waals surface area contributed by atoms with Crippen LogP contribution in [-0.4, -0.2) is 17.0 Å². The number of hydrogen-bond acceptors (Lipinski definition) is 3. The van der Waals surface area contributed by atoms with Crippen molar-refractivity contribution in [3.05, 3.63) is 30.1 Å². The molecule has 1 N–H and O–H groups in total. The van der Waals surface area contributed by atoms with Crippen LogP contribution >= 0.6 is 0 Å². The lowest BCUT2D eigenvalue weighted by Gasteiger charge is -2.01. The normalized spacial score (nSPS) is 10.3. The molecule has 0 saturated carbocycles. The summed E-state index contributed by atoms with van der Waals surface area (Å²) in [4.78, 5) is 8.65. The highest BCUT2D eigenvalue weighted by Gasteiger charge is 1.97. The molecular formula is C10H11N3. The van der Waals surface area contributed by atoms with Crippen molar-refractivity contribution < 1.29 is 0 Å². The molecule has 0 aliphatic heterocycles. The van der Waals surface area contributed by atoms with E-state index in [2.05, 4.69) is 15.3 Å². The second kappa shape index (κ2) is 3.01. The highest BCUT2D eigenvalue weighted by molar-refractivity contribution is 5.78. The van der Waals surface area contributed by atoms with Crippen LogP contribution in [-0.2, 0) is 0 Å². The first-order valence-electron chi connectivity index (χ1n) is 4.21. The first kappa shape index (κ1) is 7.98. The van der Waals surface area contributed by atoms with Gasteiger partial charge in [0.1, 0.15) is 0 Å². The van der Waals surface area contributed by atoms with Crippen LogP contribution in [0.25, 0.3) is 11.0 Å². The summed E-state index contributed by atoms with van der Waals surface area (Å²) in [6.45, 7) is 1.94. The first-order chi connectivity index (χ1) is 6.29. The predicted octanol–water partition coefficient (Wildman–Crippen LogP) is 1.98. The molecule has 2 aromatic rings. The van der Waals surface area contributed by atoms with Crippen LogP contribution < -0.4 is 5.32 Å². The zero-order chi connectivity index (χ0) is 9.26. The summed E-state index contributed by atoms with van der Waals surface area (Å²) in [5.74, 6) is 0. The summed E-state index contributed by atoms with van der Waals surface area (Å²) >= 11 is 0. The standard InChI is InChI=1S/C10H11N3/c1-7-6-12-10-5-8(11-2)3-4-9(10)13-7/h3-6,11H,1-2H3. The van der Waals surface area contributed by atoms with Gasteiger partial charge in [0.05, 0.1) is 16.7 Å². The second-order valence-electron chi connectivity index (χ2n) is 2.96. The van der Waals surface area contributed by atoms with Gasteiger partial charge in [0.15, 0.2) is 0 Å². The van der Waals surface area contributed by atoms with Crippen molar-refractivity contribution in [1.82, 2.24) is 9.97 Å². The van der Waals surface area contributed by atoms with Crippen molar-refractivity contribution in [1.29, 1.82) is 0 Å². The summed E-state index contributed by atoms with van der Waals surface area (Å²) in [6, 6.07) is 5.96. The van der Waals surface area contributed by atoms with Crippen molar-refractivity contribution >= 4 is 16.7 Å². The smallest absolute Gasteiger partial charge is 0.0907 e. The van der Waals surface area contributed by atoms with Crippen LogP contribution in [0, 0.1) is 6.92 Å². The average molecular weight is 173 g/mol. The third-order valence-electron chi connectivity index (χ3n) is 1.95. The molecule has 2 rings (SSSR count). The number of nitrogens with one attached hydrogen (secondary N) is 1. The molecule has 66 valence electrons. The molecule has 3 nitrogen and oxygen atoms in total. The van der Waals surface area contributed by atoms with Crippen LogP contribution in [0.4, 0.5) is 5.69 Å². The fraction of sp³-hybridized carbons (Fsp3) is 0.200. The molecular weight excluding hydrogens is 162 g/mol. The van der Waals surface area contributed by atoms with E-state index in [1.165, 1.54) is 0 Å². The van der Waals surface area contributed by atoms with E-state index in [0.717, 1.165) is 22.4 Å². The van der Waals surface area contributed by atoms with E-state index < -0.39 is 0 Å². The van der Waals surface area contributed by atoms with Gasteiger partial charge in [-0.05, 0) is 25.1 Å². The first-order valence-corrected chi connectivity index (χ1v) is 4.21. The van der Waals surface area contributed by atoms with E-state index in [1.807, 2.05) is 32.2 Å². The molecule has 0 spiro atoms. The molecule has 3 heteroatoms. The van der Waals surface area contributed by atoms with Crippen LogP contribution in [0.2, 0.25) is 0 Å². The predicted molar refractivity (Wildman–Crippen MR) is 53.8 cm³/mol. The van der Waals surface area contributed by atoms with E-state index in [9.17, 15) is 0 Å². The van der Waals surface area contributed by atoms with Crippen molar-refractivity contribution in [2.24, 2.45) is 0 Å². The van der Waals surface area contributed by atoms with E-state index in [-0.39, 0.29) is 0 Å². The molecule has 0 radical (unpaired) electrons. The molecule has 0 atom stereocenters. The lowest BCUT2D eigenvalue weighted by Crippen LogP contribution is -1.90. The van der Waals surface area contributed by atoms with Crippen molar-refractivity contribution in [3.8, 4) is 0 Å². The molecule has 1 aromatic heterocycles. The van der Waals surface area contributed by atoms with Crippen molar-refractivity contribution in [2.75, 3.05) is 12.4 Å². The maximum absolute atomic E-state index is 4.36. The van der Waals surface area contributed by atoms with Gasteiger partial charge in [0.2, 0.25) is 0 Å². The highest BCUT2D eigenvalue weighted by Crippen LogP contribution is 2.14.